The van der Waals surface area contributed by atoms with Crippen molar-refractivity contribution in [1.82, 2.24) is 4.31 Å². The second kappa shape index (κ2) is 6.01. The number of piperidine rings is 1. The van der Waals surface area contributed by atoms with Gasteiger partial charge in [0.05, 0.1) is 5.75 Å². The number of sulfonamides is 1. The van der Waals surface area contributed by atoms with Crippen LogP contribution in [0.1, 0.15) is 18.4 Å². The predicted octanol–water partition coefficient (Wildman–Crippen LogP) is 2.24. The van der Waals surface area contributed by atoms with Gasteiger partial charge in [-0.2, -0.15) is 0 Å². The second-order valence-electron chi connectivity index (χ2n) is 5.03. The summed E-state index contributed by atoms with van der Waals surface area (Å²) in [5.41, 5.74) is 0.844. The van der Waals surface area contributed by atoms with E-state index in [1.54, 1.807) is 16.4 Å². The molecule has 0 amide bonds. The molecule has 0 unspecified atom stereocenters. The molecule has 1 fully saturated rings. The Kier molecular flexibility index (Phi) is 4.58. The Balaban J connectivity index is 1.92. The second-order valence-corrected chi connectivity index (χ2v) is 7.12. The van der Waals surface area contributed by atoms with Gasteiger partial charge < -0.3 is 0 Å². The van der Waals surface area contributed by atoms with Crippen molar-refractivity contribution in [3.63, 3.8) is 0 Å². The average molecular weight is 284 g/mol. The van der Waals surface area contributed by atoms with Gasteiger partial charge in [-0.3, -0.25) is 0 Å². The molecule has 3 nitrogen and oxygen atoms in total. The standard InChI is InChI=1S/C14H19FNO2S/c1-12-6-9-16(10-7-12)19(17,18)11-8-13-2-4-14(15)5-3-13/h2-5,12H,1,6-11H2. The fourth-order valence-electron chi connectivity index (χ4n) is 2.21. The first kappa shape index (κ1) is 14.5. The van der Waals surface area contributed by atoms with Crippen LogP contribution in [-0.4, -0.2) is 31.6 Å². The minimum absolute atomic E-state index is 0.0838. The van der Waals surface area contributed by atoms with Crippen molar-refractivity contribution in [2.45, 2.75) is 19.3 Å². The number of halogens is 1. The number of hydrogen-bond donors (Lipinski definition) is 0. The summed E-state index contributed by atoms with van der Waals surface area (Å²) in [6, 6.07) is 5.98. The highest BCUT2D eigenvalue weighted by Crippen LogP contribution is 2.19. The first-order chi connectivity index (χ1) is 8.97. The smallest absolute Gasteiger partial charge is 0.212 e. The van der Waals surface area contributed by atoms with Crippen molar-refractivity contribution in [2.75, 3.05) is 18.8 Å². The average Bonchev–Trinajstić information content (AvgIpc) is 2.39. The molecule has 0 atom stereocenters. The number of nitrogens with zero attached hydrogens (tertiary/aromatic N) is 1. The predicted molar refractivity (Wildman–Crippen MR) is 73.5 cm³/mol. The quantitative estimate of drug-likeness (QED) is 0.850. The molecule has 19 heavy (non-hydrogen) atoms. The van der Waals surface area contributed by atoms with Crippen molar-refractivity contribution in [3.05, 3.63) is 42.6 Å². The van der Waals surface area contributed by atoms with Gasteiger partial charge in [0.15, 0.2) is 0 Å². The highest BCUT2D eigenvalue weighted by molar-refractivity contribution is 7.89. The Hall–Kier alpha value is -0.940. The summed E-state index contributed by atoms with van der Waals surface area (Å²) in [4.78, 5) is 0. The van der Waals surface area contributed by atoms with E-state index in [4.69, 9.17) is 0 Å². The molecular weight excluding hydrogens is 265 g/mol. The van der Waals surface area contributed by atoms with Crippen LogP contribution in [0.2, 0.25) is 0 Å². The van der Waals surface area contributed by atoms with Crippen LogP contribution >= 0.6 is 0 Å². The van der Waals surface area contributed by atoms with Crippen LogP contribution in [0.5, 0.6) is 0 Å². The molecule has 1 saturated heterocycles. The van der Waals surface area contributed by atoms with Crippen molar-refractivity contribution >= 4 is 10.0 Å². The van der Waals surface area contributed by atoms with Gasteiger partial charge in [-0.1, -0.05) is 19.1 Å². The maximum Gasteiger partial charge on any atom is 0.214 e. The van der Waals surface area contributed by atoms with Crippen LogP contribution in [0, 0.1) is 18.7 Å². The van der Waals surface area contributed by atoms with Gasteiger partial charge >= 0.3 is 0 Å². The topological polar surface area (TPSA) is 37.4 Å². The van der Waals surface area contributed by atoms with Gasteiger partial charge in [0.2, 0.25) is 10.0 Å². The van der Waals surface area contributed by atoms with Crippen LogP contribution in [-0.2, 0) is 16.4 Å². The van der Waals surface area contributed by atoms with E-state index in [2.05, 4.69) is 6.92 Å². The molecule has 0 aromatic heterocycles. The highest BCUT2D eigenvalue weighted by atomic mass is 32.2. The minimum Gasteiger partial charge on any atom is -0.212 e. The molecule has 1 aliphatic rings. The maximum absolute atomic E-state index is 12.8. The van der Waals surface area contributed by atoms with E-state index in [0.717, 1.165) is 18.4 Å². The van der Waals surface area contributed by atoms with E-state index < -0.39 is 10.0 Å². The van der Waals surface area contributed by atoms with E-state index in [9.17, 15) is 12.8 Å². The van der Waals surface area contributed by atoms with Crippen LogP contribution < -0.4 is 0 Å². The first-order valence-electron chi connectivity index (χ1n) is 6.53. The number of benzene rings is 1. The third kappa shape index (κ3) is 4.01. The molecular formula is C14H19FNO2S. The number of hydrogen-bond acceptors (Lipinski definition) is 2. The van der Waals surface area contributed by atoms with Crippen molar-refractivity contribution < 1.29 is 12.8 Å². The van der Waals surface area contributed by atoms with Gasteiger partial charge in [-0.05, 0) is 42.9 Å². The molecule has 0 spiro atoms. The SMILES string of the molecule is [CH2]C1CCN(S(=O)(=O)CCc2ccc(F)cc2)CC1. The lowest BCUT2D eigenvalue weighted by Gasteiger charge is -2.29. The zero-order chi connectivity index (χ0) is 13.9. The highest BCUT2D eigenvalue weighted by Gasteiger charge is 2.25. The van der Waals surface area contributed by atoms with Crippen LogP contribution in [0.3, 0.4) is 0 Å². The van der Waals surface area contributed by atoms with E-state index in [-0.39, 0.29) is 11.6 Å². The molecule has 1 radical (unpaired) electrons. The first-order valence-corrected chi connectivity index (χ1v) is 8.13. The molecule has 105 valence electrons. The van der Waals surface area contributed by atoms with Crippen LogP contribution in [0.4, 0.5) is 4.39 Å². The summed E-state index contributed by atoms with van der Waals surface area (Å²) in [5, 5.41) is 0. The Bertz CT molecular complexity index is 505. The molecule has 1 aliphatic heterocycles. The summed E-state index contributed by atoms with van der Waals surface area (Å²) in [5.74, 6) is 0.146. The van der Waals surface area contributed by atoms with E-state index >= 15 is 0 Å². The Labute approximate surface area is 114 Å². The third-order valence-corrected chi connectivity index (χ3v) is 5.40. The van der Waals surface area contributed by atoms with Gasteiger partial charge in [0, 0.05) is 13.1 Å². The van der Waals surface area contributed by atoms with Crippen molar-refractivity contribution in [1.29, 1.82) is 0 Å². The fraction of sp³-hybridized carbons (Fsp3) is 0.500. The largest absolute Gasteiger partial charge is 0.214 e. The number of rotatable bonds is 4. The van der Waals surface area contributed by atoms with E-state index in [0.29, 0.717) is 25.4 Å². The summed E-state index contributed by atoms with van der Waals surface area (Å²) in [6.45, 7) is 5.10. The number of aryl methyl sites for hydroxylation is 1. The molecule has 1 aromatic carbocycles. The fourth-order valence-corrected chi connectivity index (χ4v) is 3.73. The van der Waals surface area contributed by atoms with Gasteiger partial charge in [-0.25, -0.2) is 17.1 Å². The molecule has 0 aliphatic carbocycles. The molecule has 1 aromatic rings. The summed E-state index contributed by atoms with van der Waals surface area (Å²) < 4.78 is 38.6. The molecule has 0 bridgehead atoms. The zero-order valence-electron chi connectivity index (χ0n) is 10.9. The minimum atomic E-state index is -3.20. The van der Waals surface area contributed by atoms with Crippen LogP contribution in [0.15, 0.2) is 24.3 Å². The lowest BCUT2D eigenvalue weighted by molar-refractivity contribution is 0.304. The molecule has 0 N–H and O–H groups in total. The van der Waals surface area contributed by atoms with Crippen LogP contribution in [0.25, 0.3) is 0 Å². The van der Waals surface area contributed by atoms with Gasteiger partial charge in [0.25, 0.3) is 0 Å². The molecule has 2 rings (SSSR count). The van der Waals surface area contributed by atoms with Crippen molar-refractivity contribution in [2.24, 2.45) is 5.92 Å². The van der Waals surface area contributed by atoms with Gasteiger partial charge in [0.1, 0.15) is 5.82 Å². The van der Waals surface area contributed by atoms with Crippen molar-refractivity contribution in [3.8, 4) is 0 Å². The Morgan fingerprint density at radius 2 is 1.79 bits per heavy atom. The summed E-state index contributed by atoms with van der Waals surface area (Å²) in [6.07, 6.45) is 2.08. The Morgan fingerprint density at radius 3 is 2.37 bits per heavy atom. The maximum atomic E-state index is 12.8. The normalized spacial score (nSPS) is 18.6. The Morgan fingerprint density at radius 1 is 1.21 bits per heavy atom. The molecule has 5 heteroatoms. The summed E-state index contributed by atoms with van der Waals surface area (Å²) in [7, 11) is -3.20. The van der Waals surface area contributed by atoms with E-state index in [1.807, 2.05) is 0 Å². The molecule has 1 heterocycles. The zero-order valence-corrected chi connectivity index (χ0v) is 11.7. The molecule has 0 saturated carbocycles. The monoisotopic (exact) mass is 284 g/mol. The van der Waals surface area contributed by atoms with Gasteiger partial charge in [-0.15, -0.1) is 0 Å². The lowest BCUT2D eigenvalue weighted by Crippen LogP contribution is -2.39. The summed E-state index contributed by atoms with van der Waals surface area (Å²) >= 11 is 0. The third-order valence-electron chi connectivity index (χ3n) is 3.53. The van der Waals surface area contributed by atoms with E-state index in [1.165, 1.54) is 12.1 Å². The lowest BCUT2D eigenvalue weighted by atomic mass is 10.0.